The van der Waals surface area contributed by atoms with E-state index in [0.717, 1.165) is 32.8 Å². The third-order valence-electron chi connectivity index (χ3n) is 3.14. The lowest BCUT2D eigenvalue weighted by atomic mass is 10.2. The minimum Gasteiger partial charge on any atom is -0.295 e. The summed E-state index contributed by atoms with van der Waals surface area (Å²) in [5.74, 6) is 0.951. The molecule has 2 rings (SSSR count). The first-order chi connectivity index (χ1) is 9.52. The molecule has 0 N–H and O–H groups in total. The van der Waals surface area contributed by atoms with Crippen LogP contribution in [0.4, 0.5) is 0 Å². The van der Waals surface area contributed by atoms with E-state index in [2.05, 4.69) is 28.0 Å². The van der Waals surface area contributed by atoms with Gasteiger partial charge < -0.3 is 0 Å². The molecule has 2 aromatic rings. The molecule has 106 valence electrons. The molecule has 0 atom stereocenters. The summed E-state index contributed by atoms with van der Waals surface area (Å²) in [6.07, 6.45) is 0.923. The predicted molar refractivity (Wildman–Crippen MR) is 86.3 cm³/mol. The largest absolute Gasteiger partial charge is 0.295 e. The Labute approximate surface area is 131 Å². The van der Waals surface area contributed by atoms with Crippen molar-refractivity contribution in [1.82, 2.24) is 9.78 Å². The molecule has 0 aliphatic carbocycles. The van der Waals surface area contributed by atoms with Crippen LogP contribution in [0.2, 0.25) is 0 Å². The molecule has 0 saturated heterocycles. The average molecular weight is 353 g/mol. The number of aryl methyl sites for hydroxylation is 2. The molecule has 3 nitrogen and oxygen atoms in total. The van der Waals surface area contributed by atoms with Crippen molar-refractivity contribution in [1.29, 1.82) is 0 Å². The lowest BCUT2D eigenvalue weighted by Crippen LogP contribution is -1.97. The maximum atomic E-state index is 11.2. The number of hydrogen-bond acceptors (Lipinski definition) is 3. The Balaban J connectivity index is 2.09. The zero-order chi connectivity index (χ0) is 14.7. The fraction of sp³-hybridized carbons (Fsp3) is 0.333. The van der Waals surface area contributed by atoms with Gasteiger partial charge in [-0.05, 0) is 41.4 Å². The Morgan fingerprint density at radius 2 is 2.00 bits per heavy atom. The average Bonchev–Trinajstić information content (AvgIpc) is 2.71. The van der Waals surface area contributed by atoms with Crippen molar-refractivity contribution >= 4 is 33.5 Å². The maximum Gasteiger partial charge on any atom is 0.159 e. The number of thioether (sulfide) groups is 1. The number of Topliss-reactive ketones (excluding diaryl/α,β-unsaturated/α-hetero) is 1. The number of carbonyl (C=O) groups excluding carboxylic acids is 1. The Morgan fingerprint density at radius 3 is 2.50 bits per heavy atom. The molecule has 0 unspecified atom stereocenters. The molecule has 0 amide bonds. The van der Waals surface area contributed by atoms with Gasteiger partial charge >= 0.3 is 0 Å². The number of aromatic nitrogens is 2. The predicted octanol–water partition coefficient (Wildman–Crippen LogP) is 4.24. The molecule has 0 aliphatic heterocycles. The highest BCUT2D eigenvalue weighted by Crippen LogP contribution is 2.29. The number of ketones is 1. The molecule has 0 aliphatic rings. The molecule has 1 heterocycles. The SMILES string of the molecule is CCc1nn(C)c(CSc2ccc(C(C)=O)cc2)c1Br. The van der Waals surface area contributed by atoms with Crippen molar-refractivity contribution < 1.29 is 4.79 Å². The third kappa shape index (κ3) is 3.33. The van der Waals surface area contributed by atoms with Crippen LogP contribution in [0.3, 0.4) is 0 Å². The Morgan fingerprint density at radius 1 is 1.35 bits per heavy atom. The van der Waals surface area contributed by atoms with Crippen molar-refractivity contribution in [2.75, 3.05) is 0 Å². The lowest BCUT2D eigenvalue weighted by molar-refractivity contribution is 0.101. The zero-order valence-corrected chi connectivity index (χ0v) is 14.2. The van der Waals surface area contributed by atoms with Crippen LogP contribution in [0.5, 0.6) is 0 Å². The second-order valence-electron chi connectivity index (χ2n) is 4.55. The zero-order valence-electron chi connectivity index (χ0n) is 11.8. The summed E-state index contributed by atoms with van der Waals surface area (Å²) in [7, 11) is 1.97. The summed E-state index contributed by atoms with van der Waals surface area (Å²) in [6.45, 7) is 3.69. The van der Waals surface area contributed by atoms with E-state index >= 15 is 0 Å². The van der Waals surface area contributed by atoms with Gasteiger partial charge in [-0.25, -0.2) is 0 Å². The van der Waals surface area contributed by atoms with Crippen molar-refractivity contribution in [2.45, 2.75) is 30.9 Å². The number of nitrogens with zero attached hydrogens (tertiary/aromatic N) is 2. The molecule has 0 saturated carbocycles. The first-order valence-corrected chi connectivity index (χ1v) is 8.24. The fourth-order valence-corrected chi connectivity index (χ4v) is 3.82. The van der Waals surface area contributed by atoms with Crippen LogP contribution >= 0.6 is 27.7 Å². The second kappa shape index (κ2) is 6.59. The highest BCUT2D eigenvalue weighted by molar-refractivity contribution is 9.10. The summed E-state index contributed by atoms with van der Waals surface area (Å²) in [6, 6.07) is 7.74. The van der Waals surface area contributed by atoms with Gasteiger partial charge in [-0.15, -0.1) is 11.8 Å². The van der Waals surface area contributed by atoms with Gasteiger partial charge in [0.05, 0.1) is 15.9 Å². The normalized spacial score (nSPS) is 10.8. The van der Waals surface area contributed by atoms with Gasteiger partial charge in [0.15, 0.2) is 5.78 Å². The van der Waals surface area contributed by atoms with E-state index in [9.17, 15) is 4.79 Å². The first-order valence-electron chi connectivity index (χ1n) is 6.47. The van der Waals surface area contributed by atoms with Crippen LogP contribution in [-0.4, -0.2) is 15.6 Å². The number of halogens is 1. The molecular formula is C15H17BrN2OS. The standard InChI is InChI=1S/C15H17BrN2OS/c1-4-13-15(16)14(18(3)17-13)9-20-12-7-5-11(6-8-12)10(2)19/h5-8H,4,9H2,1-3H3. The molecule has 0 radical (unpaired) electrons. The molecule has 1 aromatic heterocycles. The van der Waals surface area contributed by atoms with Crippen LogP contribution in [0.1, 0.15) is 35.6 Å². The van der Waals surface area contributed by atoms with Gasteiger partial charge in [-0.2, -0.15) is 5.10 Å². The van der Waals surface area contributed by atoms with E-state index in [1.165, 1.54) is 5.69 Å². The van der Waals surface area contributed by atoms with E-state index in [1.807, 2.05) is 36.0 Å². The van der Waals surface area contributed by atoms with E-state index in [4.69, 9.17) is 0 Å². The molecular weight excluding hydrogens is 336 g/mol. The third-order valence-corrected chi connectivity index (χ3v) is 5.08. The Hall–Kier alpha value is -1.07. The van der Waals surface area contributed by atoms with E-state index < -0.39 is 0 Å². The highest BCUT2D eigenvalue weighted by atomic mass is 79.9. The van der Waals surface area contributed by atoms with Crippen molar-refractivity contribution in [3.05, 3.63) is 45.7 Å². The number of benzene rings is 1. The monoisotopic (exact) mass is 352 g/mol. The minimum atomic E-state index is 0.100. The van der Waals surface area contributed by atoms with Gasteiger partial charge in [0.1, 0.15) is 0 Å². The highest BCUT2D eigenvalue weighted by Gasteiger charge is 2.12. The van der Waals surface area contributed by atoms with Gasteiger partial charge in [0.2, 0.25) is 0 Å². The molecule has 20 heavy (non-hydrogen) atoms. The van der Waals surface area contributed by atoms with Gasteiger partial charge in [-0.1, -0.05) is 19.1 Å². The summed E-state index contributed by atoms with van der Waals surface area (Å²) >= 11 is 5.37. The van der Waals surface area contributed by atoms with Crippen LogP contribution in [0.15, 0.2) is 33.6 Å². The second-order valence-corrected chi connectivity index (χ2v) is 6.40. The Bertz CT molecular complexity index is 620. The molecule has 0 bridgehead atoms. The van der Waals surface area contributed by atoms with E-state index in [0.29, 0.717) is 0 Å². The smallest absolute Gasteiger partial charge is 0.159 e. The van der Waals surface area contributed by atoms with Crippen LogP contribution < -0.4 is 0 Å². The number of rotatable bonds is 5. The van der Waals surface area contributed by atoms with Gasteiger partial charge in [0.25, 0.3) is 0 Å². The van der Waals surface area contributed by atoms with Crippen molar-refractivity contribution in [3.8, 4) is 0 Å². The number of hydrogen-bond donors (Lipinski definition) is 0. The summed E-state index contributed by atoms with van der Waals surface area (Å²) in [5, 5.41) is 4.49. The summed E-state index contributed by atoms with van der Waals surface area (Å²) < 4.78 is 3.04. The lowest BCUT2D eigenvalue weighted by Gasteiger charge is -2.04. The summed E-state index contributed by atoms with van der Waals surface area (Å²) in [5.41, 5.74) is 3.03. The Kier molecular flexibility index (Phi) is 5.05. The van der Waals surface area contributed by atoms with Crippen LogP contribution in [0, 0.1) is 0 Å². The van der Waals surface area contributed by atoms with Crippen LogP contribution in [0.25, 0.3) is 0 Å². The van der Waals surface area contributed by atoms with Gasteiger partial charge in [-0.3, -0.25) is 9.48 Å². The molecule has 0 fully saturated rings. The van der Waals surface area contributed by atoms with Crippen molar-refractivity contribution in [3.63, 3.8) is 0 Å². The topological polar surface area (TPSA) is 34.9 Å². The minimum absolute atomic E-state index is 0.100. The number of carbonyl (C=O) groups is 1. The van der Waals surface area contributed by atoms with Crippen molar-refractivity contribution in [2.24, 2.45) is 7.05 Å². The van der Waals surface area contributed by atoms with E-state index in [1.54, 1.807) is 18.7 Å². The first kappa shape index (κ1) is 15.3. The summed E-state index contributed by atoms with van der Waals surface area (Å²) in [4.78, 5) is 12.4. The van der Waals surface area contributed by atoms with Crippen LogP contribution in [-0.2, 0) is 19.2 Å². The fourth-order valence-electron chi connectivity index (χ4n) is 1.91. The van der Waals surface area contributed by atoms with E-state index in [-0.39, 0.29) is 5.78 Å². The quantitative estimate of drug-likeness (QED) is 0.596. The molecule has 1 aromatic carbocycles. The molecule has 5 heteroatoms. The molecule has 0 spiro atoms. The maximum absolute atomic E-state index is 11.2. The van der Waals surface area contributed by atoms with Gasteiger partial charge in [0, 0.05) is 23.3 Å².